The summed E-state index contributed by atoms with van der Waals surface area (Å²) in [5.74, 6) is -0.321. The normalized spacial score (nSPS) is 19.6. The fourth-order valence-electron chi connectivity index (χ4n) is 3.34. The van der Waals surface area contributed by atoms with Gasteiger partial charge in [0.2, 0.25) is 5.91 Å². The van der Waals surface area contributed by atoms with Crippen LogP contribution in [0.25, 0.3) is 0 Å². The highest BCUT2D eigenvalue weighted by molar-refractivity contribution is 7.91. The van der Waals surface area contributed by atoms with Gasteiger partial charge < -0.3 is 10.6 Å². The van der Waals surface area contributed by atoms with Gasteiger partial charge in [-0.2, -0.15) is 0 Å². The monoisotopic (exact) mass is 372 g/mol. The lowest BCUT2D eigenvalue weighted by atomic mass is 10.1. The molecular weight excluding hydrogens is 348 g/mol. The van der Waals surface area contributed by atoms with Crippen LogP contribution in [0.15, 0.2) is 23.1 Å². The van der Waals surface area contributed by atoms with Crippen LogP contribution >= 0.6 is 12.4 Å². The number of fused-ring (bicyclic) bond motifs is 1. The van der Waals surface area contributed by atoms with Crippen LogP contribution in [0.5, 0.6) is 0 Å². The number of amides is 1. The first-order valence-corrected chi connectivity index (χ1v) is 10.0. The number of hydrogen-bond acceptors (Lipinski definition) is 4. The fourth-order valence-corrected chi connectivity index (χ4v) is 4.63. The number of sulfone groups is 1. The third-order valence-corrected chi connectivity index (χ3v) is 6.45. The summed E-state index contributed by atoms with van der Waals surface area (Å²) in [6.07, 6.45) is 5.30. The van der Waals surface area contributed by atoms with Gasteiger partial charge in [0.05, 0.1) is 10.6 Å². The molecule has 1 aliphatic heterocycles. The van der Waals surface area contributed by atoms with Crippen LogP contribution in [-0.4, -0.2) is 39.2 Å². The summed E-state index contributed by atoms with van der Waals surface area (Å²) in [6.45, 7) is 1.57. The van der Waals surface area contributed by atoms with Crippen LogP contribution in [0.2, 0.25) is 0 Å². The zero-order valence-corrected chi connectivity index (χ0v) is 15.3. The Morgan fingerprint density at radius 1 is 1.21 bits per heavy atom. The van der Waals surface area contributed by atoms with Crippen LogP contribution < -0.4 is 10.6 Å². The molecule has 24 heavy (non-hydrogen) atoms. The predicted molar refractivity (Wildman–Crippen MR) is 96.4 cm³/mol. The van der Waals surface area contributed by atoms with E-state index in [9.17, 15) is 13.2 Å². The van der Waals surface area contributed by atoms with Crippen molar-refractivity contribution in [3.8, 4) is 0 Å². The Hall–Kier alpha value is -1.11. The number of carbonyl (C=O) groups is 1. The zero-order chi connectivity index (χ0) is 16.3. The Kier molecular flexibility index (Phi) is 6.66. The highest BCUT2D eigenvalue weighted by atomic mass is 35.5. The second-order valence-corrected chi connectivity index (χ2v) is 8.56. The molecule has 1 heterocycles. The van der Waals surface area contributed by atoms with Crippen molar-refractivity contribution in [3.63, 3.8) is 0 Å². The van der Waals surface area contributed by atoms with E-state index in [1.54, 1.807) is 12.1 Å². The second-order valence-electron chi connectivity index (χ2n) is 6.45. The minimum absolute atomic E-state index is 0. The van der Waals surface area contributed by atoms with E-state index in [1.807, 2.05) is 6.07 Å². The largest absolute Gasteiger partial charge is 0.355 e. The maximum absolute atomic E-state index is 12.4. The summed E-state index contributed by atoms with van der Waals surface area (Å²) in [5.41, 5.74) is 2.40. The van der Waals surface area contributed by atoms with Gasteiger partial charge in [-0.15, -0.1) is 12.4 Å². The van der Waals surface area contributed by atoms with E-state index in [1.165, 1.54) is 5.56 Å². The van der Waals surface area contributed by atoms with Gasteiger partial charge in [-0.1, -0.05) is 6.07 Å². The molecule has 134 valence electrons. The van der Waals surface area contributed by atoms with Gasteiger partial charge in [0.25, 0.3) is 0 Å². The van der Waals surface area contributed by atoms with E-state index in [0.29, 0.717) is 17.5 Å². The number of rotatable bonds is 6. The predicted octanol–water partition coefficient (Wildman–Crippen LogP) is 1.63. The maximum atomic E-state index is 12.4. The molecule has 0 radical (unpaired) electrons. The van der Waals surface area contributed by atoms with E-state index < -0.39 is 9.84 Å². The third-order valence-electron chi connectivity index (χ3n) is 4.73. The molecule has 0 saturated carbocycles. The summed E-state index contributed by atoms with van der Waals surface area (Å²) in [5, 5.41) is 6.13. The summed E-state index contributed by atoms with van der Waals surface area (Å²) in [6, 6.07) is 5.71. The zero-order valence-electron chi connectivity index (χ0n) is 13.7. The van der Waals surface area contributed by atoms with E-state index in [0.717, 1.165) is 44.2 Å². The molecule has 2 N–H and O–H groups in total. The Balaban J connectivity index is 0.00000208. The fraction of sp³-hybridized carbons (Fsp3) is 0.588. The van der Waals surface area contributed by atoms with Gasteiger partial charge in [0.1, 0.15) is 0 Å². The van der Waals surface area contributed by atoms with Gasteiger partial charge in [-0.05, 0) is 61.9 Å². The quantitative estimate of drug-likeness (QED) is 0.795. The van der Waals surface area contributed by atoms with Crippen molar-refractivity contribution in [1.82, 2.24) is 10.6 Å². The van der Waals surface area contributed by atoms with Crippen LogP contribution in [0.4, 0.5) is 0 Å². The van der Waals surface area contributed by atoms with E-state index >= 15 is 0 Å². The molecule has 0 bridgehead atoms. The van der Waals surface area contributed by atoms with Crippen LogP contribution in [0.1, 0.15) is 36.8 Å². The number of carbonyl (C=O) groups excluding carboxylic acids is 1. The summed E-state index contributed by atoms with van der Waals surface area (Å²) < 4.78 is 24.8. The Morgan fingerprint density at radius 2 is 2.00 bits per heavy atom. The molecular formula is C17H25ClN2O3S. The van der Waals surface area contributed by atoms with E-state index in [2.05, 4.69) is 10.6 Å². The van der Waals surface area contributed by atoms with Crippen LogP contribution in [-0.2, 0) is 27.5 Å². The molecule has 1 atom stereocenters. The van der Waals surface area contributed by atoms with Crippen LogP contribution in [0.3, 0.4) is 0 Å². The molecule has 0 aromatic heterocycles. The number of benzene rings is 1. The maximum Gasteiger partial charge on any atom is 0.221 e. The molecule has 1 fully saturated rings. The first-order valence-electron chi connectivity index (χ1n) is 8.39. The molecule has 1 unspecified atom stereocenters. The second kappa shape index (κ2) is 8.32. The minimum atomic E-state index is -3.39. The lowest BCUT2D eigenvalue weighted by Crippen LogP contribution is -2.37. The highest BCUT2D eigenvalue weighted by Crippen LogP contribution is 2.25. The standard InChI is InChI=1S/C17H24N2O3S.ClH/c20-17(19-12-15-5-2-9-18-15)8-10-23(21,22)16-7-6-13-3-1-4-14(13)11-16;/h6-7,11,15,18H,1-5,8-10,12H2,(H,19,20);1H. The SMILES string of the molecule is Cl.O=C(CCS(=O)(=O)c1ccc2c(c1)CCC2)NCC1CCCN1. The molecule has 7 heteroatoms. The molecule has 1 aromatic carbocycles. The molecule has 2 aliphatic rings. The smallest absolute Gasteiger partial charge is 0.221 e. The van der Waals surface area contributed by atoms with Crippen molar-refractivity contribution >= 4 is 28.2 Å². The first kappa shape index (κ1) is 19.2. The van der Waals surface area contributed by atoms with Crippen LogP contribution in [0, 0.1) is 0 Å². The Labute approximate surface area is 149 Å². The van der Waals surface area contributed by atoms with Gasteiger partial charge >= 0.3 is 0 Å². The molecule has 5 nitrogen and oxygen atoms in total. The number of halogens is 1. The van der Waals surface area contributed by atoms with Crippen molar-refractivity contribution in [2.24, 2.45) is 0 Å². The summed E-state index contributed by atoms with van der Waals surface area (Å²) in [7, 11) is -3.39. The highest BCUT2D eigenvalue weighted by Gasteiger charge is 2.20. The van der Waals surface area contributed by atoms with Gasteiger partial charge in [0, 0.05) is 19.0 Å². The van der Waals surface area contributed by atoms with E-state index in [-0.39, 0.29) is 30.5 Å². The van der Waals surface area contributed by atoms with Crippen molar-refractivity contribution in [3.05, 3.63) is 29.3 Å². The molecule has 1 aromatic rings. The molecule has 1 saturated heterocycles. The van der Waals surface area contributed by atoms with Crippen molar-refractivity contribution in [2.45, 2.75) is 49.5 Å². The topological polar surface area (TPSA) is 75.3 Å². The van der Waals surface area contributed by atoms with Crippen molar-refractivity contribution in [2.75, 3.05) is 18.8 Å². The molecule has 3 rings (SSSR count). The average Bonchev–Trinajstić information content (AvgIpc) is 3.21. The third kappa shape index (κ3) is 4.71. The Morgan fingerprint density at radius 3 is 2.75 bits per heavy atom. The average molecular weight is 373 g/mol. The molecule has 1 aliphatic carbocycles. The van der Waals surface area contributed by atoms with Crippen molar-refractivity contribution in [1.29, 1.82) is 0 Å². The number of nitrogens with one attached hydrogen (secondary N) is 2. The minimum Gasteiger partial charge on any atom is -0.355 e. The van der Waals surface area contributed by atoms with Gasteiger partial charge in [-0.3, -0.25) is 4.79 Å². The van der Waals surface area contributed by atoms with E-state index in [4.69, 9.17) is 0 Å². The van der Waals surface area contributed by atoms with Gasteiger partial charge in [-0.25, -0.2) is 8.42 Å². The van der Waals surface area contributed by atoms with Crippen molar-refractivity contribution < 1.29 is 13.2 Å². The summed E-state index contributed by atoms with van der Waals surface area (Å²) >= 11 is 0. The first-order chi connectivity index (χ1) is 11.0. The number of aryl methyl sites for hydroxylation is 2. The van der Waals surface area contributed by atoms with Gasteiger partial charge in [0.15, 0.2) is 9.84 Å². The Bertz CT molecular complexity index is 685. The number of hydrogen-bond donors (Lipinski definition) is 2. The lowest BCUT2D eigenvalue weighted by Gasteiger charge is -2.11. The molecule has 0 spiro atoms. The lowest BCUT2D eigenvalue weighted by molar-refractivity contribution is -0.120. The molecule has 1 amide bonds. The summed E-state index contributed by atoms with van der Waals surface area (Å²) in [4.78, 5) is 12.2.